The summed E-state index contributed by atoms with van der Waals surface area (Å²) in [5.74, 6) is -0.00185. The number of hydrogen-bond donors (Lipinski definition) is 4. The molecule has 3 heterocycles. The van der Waals surface area contributed by atoms with Crippen molar-refractivity contribution in [1.82, 2.24) is 14.5 Å². The number of unbranched alkanes of at least 4 members (excludes halogenated alkanes) is 3. The van der Waals surface area contributed by atoms with Gasteiger partial charge in [-0.05, 0) is 30.3 Å². The summed E-state index contributed by atoms with van der Waals surface area (Å²) >= 11 is 5.33. The second-order valence-corrected chi connectivity index (χ2v) is 7.91. The fourth-order valence-corrected chi connectivity index (χ4v) is 4.56. The summed E-state index contributed by atoms with van der Waals surface area (Å²) in [6, 6.07) is 7.93. The van der Waals surface area contributed by atoms with Gasteiger partial charge in [0.2, 0.25) is 5.88 Å². The van der Waals surface area contributed by atoms with Crippen LogP contribution in [0.2, 0.25) is 0 Å². The Morgan fingerprint density at radius 1 is 1.25 bits per heavy atom. The molecule has 0 fully saturated rings. The number of quaternary nitrogens is 1. The number of H-pyrrole nitrogens is 2. The van der Waals surface area contributed by atoms with Crippen LogP contribution in [0.5, 0.6) is 5.88 Å². The minimum absolute atomic E-state index is 0.00185. The lowest BCUT2D eigenvalue weighted by molar-refractivity contribution is -0.690. The van der Waals surface area contributed by atoms with Crippen molar-refractivity contribution in [2.45, 2.75) is 51.6 Å². The minimum Gasteiger partial charge on any atom is -0.494 e. The first kappa shape index (κ1) is 19.0. The molecular weight excluding hydrogens is 372 g/mol. The van der Waals surface area contributed by atoms with E-state index in [0.717, 1.165) is 49.9 Å². The Labute approximate surface area is 168 Å². The van der Waals surface area contributed by atoms with Gasteiger partial charge in [-0.25, -0.2) is 0 Å². The van der Waals surface area contributed by atoms with Gasteiger partial charge in [0.1, 0.15) is 5.56 Å². The molecular formula is C21H27N4O2S+. The van der Waals surface area contributed by atoms with Gasteiger partial charge in [0.15, 0.2) is 10.8 Å². The predicted octanol–water partition coefficient (Wildman–Crippen LogP) is 2.88. The summed E-state index contributed by atoms with van der Waals surface area (Å²) < 4.78 is 1.96. The van der Waals surface area contributed by atoms with Crippen LogP contribution >= 0.6 is 12.2 Å². The van der Waals surface area contributed by atoms with Crippen LogP contribution in [0.25, 0.3) is 10.9 Å². The zero-order chi connectivity index (χ0) is 19.7. The van der Waals surface area contributed by atoms with E-state index in [9.17, 15) is 9.90 Å². The highest BCUT2D eigenvalue weighted by atomic mass is 32.1. The number of nitrogens with one attached hydrogen (secondary N) is 2. The van der Waals surface area contributed by atoms with Gasteiger partial charge in [0.05, 0.1) is 12.2 Å². The van der Waals surface area contributed by atoms with Gasteiger partial charge in [-0.1, -0.05) is 44.4 Å². The van der Waals surface area contributed by atoms with Crippen molar-refractivity contribution in [3.63, 3.8) is 0 Å². The molecule has 1 atom stereocenters. The van der Waals surface area contributed by atoms with Crippen LogP contribution in [0.4, 0.5) is 0 Å². The molecule has 0 unspecified atom stereocenters. The zero-order valence-corrected chi connectivity index (χ0v) is 16.9. The van der Waals surface area contributed by atoms with E-state index in [0.29, 0.717) is 12.1 Å². The Kier molecular flexibility index (Phi) is 5.37. The maximum atomic E-state index is 12.8. The molecule has 1 aromatic carbocycles. The van der Waals surface area contributed by atoms with Gasteiger partial charge in [0.25, 0.3) is 5.56 Å². The number of aromatic hydroxyl groups is 1. The SMILES string of the molecule is CCCCCCn1c(O)c([C@@H]2[NH2+]CCc3c2[nH]c2ccccc32)c(=O)[nH]c1=S. The van der Waals surface area contributed by atoms with Crippen molar-refractivity contribution in [2.75, 3.05) is 6.54 Å². The van der Waals surface area contributed by atoms with Crippen LogP contribution in [-0.2, 0) is 13.0 Å². The first-order valence-electron chi connectivity index (χ1n) is 10.1. The molecule has 148 valence electrons. The number of nitrogens with two attached hydrogens (primary N) is 1. The second kappa shape index (κ2) is 7.93. The summed E-state index contributed by atoms with van der Waals surface area (Å²) in [6.45, 7) is 3.64. The third-order valence-electron chi connectivity index (χ3n) is 5.71. The summed E-state index contributed by atoms with van der Waals surface area (Å²) in [7, 11) is 0. The lowest BCUT2D eigenvalue weighted by Gasteiger charge is -2.22. The molecule has 0 radical (unpaired) electrons. The summed E-state index contributed by atoms with van der Waals surface area (Å²) in [4.78, 5) is 19.0. The molecule has 1 aliphatic rings. The number of fused-ring (bicyclic) bond motifs is 3. The molecule has 6 nitrogen and oxygen atoms in total. The molecule has 0 saturated heterocycles. The van der Waals surface area contributed by atoms with Gasteiger partial charge >= 0.3 is 0 Å². The standard InChI is InChI=1S/C21H26N4O2S/c1-2-3-4-7-12-25-20(27)16(19(26)24-21(25)28)18-17-14(10-11-22-18)13-8-5-6-9-15(13)23-17/h5-6,8-9,18,22-23,27H,2-4,7,10-12H2,1H3,(H,24,26,28)/p+1/t18-/m0/s1. The fraction of sp³-hybridized carbons (Fsp3) is 0.429. The molecule has 0 amide bonds. The molecule has 5 N–H and O–H groups in total. The van der Waals surface area contributed by atoms with Crippen LogP contribution in [0.1, 0.15) is 55.5 Å². The van der Waals surface area contributed by atoms with Gasteiger partial charge in [-0.3, -0.25) is 14.3 Å². The summed E-state index contributed by atoms with van der Waals surface area (Å²) in [5.41, 5.74) is 3.38. The van der Waals surface area contributed by atoms with E-state index in [1.54, 1.807) is 4.57 Å². The zero-order valence-electron chi connectivity index (χ0n) is 16.1. The monoisotopic (exact) mass is 399 g/mol. The highest BCUT2D eigenvalue weighted by molar-refractivity contribution is 7.71. The number of aromatic amines is 2. The van der Waals surface area contributed by atoms with Gasteiger partial charge in [-0.15, -0.1) is 0 Å². The maximum Gasteiger partial charge on any atom is 0.265 e. The van der Waals surface area contributed by atoms with E-state index in [2.05, 4.69) is 34.3 Å². The van der Waals surface area contributed by atoms with Crippen molar-refractivity contribution in [3.05, 3.63) is 56.2 Å². The normalized spacial score (nSPS) is 16.4. The molecule has 4 rings (SSSR count). The molecule has 28 heavy (non-hydrogen) atoms. The lowest BCUT2D eigenvalue weighted by atomic mass is 9.95. The van der Waals surface area contributed by atoms with Gasteiger partial charge < -0.3 is 15.4 Å². The van der Waals surface area contributed by atoms with Crippen LogP contribution in [0, 0.1) is 4.77 Å². The minimum atomic E-state index is -0.305. The number of nitrogens with zero attached hydrogens (tertiary/aromatic N) is 1. The maximum absolute atomic E-state index is 12.8. The van der Waals surface area contributed by atoms with E-state index in [1.165, 1.54) is 10.9 Å². The van der Waals surface area contributed by atoms with Crippen molar-refractivity contribution < 1.29 is 10.4 Å². The Morgan fingerprint density at radius 3 is 2.89 bits per heavy atom. The number of benzene rings is 1. The van der Waals surface area contributed by atoms with Gasteiger partial charge in [0, 0.05) is 23.9 Å². The second-order valence-electron chi connectivity index (χ2n) is 7.52. The van der Waals surface area contributed by atoms with E-state index < -0.39 is 0 Å². The van der Waals surface area contributed by atoms with E-state index in [4.69, 9.17) is 12.2 Å². The van der Waals surface area contributed by atoms with Crippen LogP contribution in [0.3, 0.4) is 0 Å². The lowest BCUT2D eigenvalue weighted by Crippen LogP contribution is -2.87. The Bertz CT molecular complexity index is 1110. The first-order valence-corrected chi connectivity index (χ1v) is 10.5. The van der Waals surface area contributed by atoms with Gasteiger partial charge in [-0.2, -0.15) is 0 Å². The third-order valence-corrected chi connectivity index (χ3v) is 6.03. The molecule has 0 bridgehead atoms. The van der Waals surface area contributed by atoms with Crippen molar-refractivity contribution in [3.8, 4) is 5.88 Å². The van der Waals surface area contributed by atoms with E-state index in [-0.39, 0.29) is 22.3 Å². The Hall–Kier alpha value is -2.38. The van der Waals surface area contributed by atoms with Crippen LogP contribution in [0.15, 0.2) is 29.1 Å². The summed E-state index contributed by atoms with van der Waals surface area (Å²) in [5, 5.41) is 14.3. The Balaban J connectivity index is 1.78. The molecule has 0 saturated carbocycles. The first-order chi connectivity index (χ1) is 13.6. The molecule has 7 heteroatoms. The Morgan fingerprint density at radius 2 is 2.07 bits per heavy atom. The molecule has 0 spiro atoms. The third kappa shape index (κ3) is 3.29. The van der Waals surface area contributed by atoms with E-state index >= 15 is 0 Å². The number of para-hydroxylation sites is 1. The van der Waals surface area contributed by atoms with E-state index in [1.807, 2.05) is 12.1 Å². The highest BCUT2D eigenvalue weighted by Gasteiger charge is 2.33. The number of rotatable bonds is 6. The summed E-state index contributed by atoms with van der Waals surface area (Å²) in [6.07, 6.45) is 5.24. The highest BCUT2D eigenvalue weighted by Crippen LogP contribution is 2.32. The van der Waals surface area contributed by atoms with Crippen LogP contribution in [-0.4, -0.2) is 26.2 Å². The molecule has 3 aromatic rings. The van der Waals surface area contributed by atoms with Crippen molar-refractivity contribution in [1.29, 1.82) is 0 Å². The van der Waals surface area contributed by atoms with Crippen molar-refractivity contribution in [2.24, 2.45) is 0 Å². The predicted molar refractivity (Wildman–Crippen MR) is 112 cm³/mol. The van der Waals surface area contributed by atoms with Crippen molar-refractivity contribution >= 4 is 23.1 Å². The topological polar surface area (TPSA) is 90.4 Å². The molecule has 2 aromatic heterocycles. The number of aromatic nitrogens is 3. The van der Waals surface area contributed by atoms with Crippen LogP contribution < -0.4 is 10.9 Å². The largest absolute Gasteiger partial charge is 0.494 e. The fourth-order valence-electron chi connectivity index (χ4n) is 4.29. The molecule has 1 aliphatic heterocycles. The average Bonchev–Trinajstić information content (AvgIpc) is 3.07. The smallest absolute Gasteiger partial charge is 0.265 e. The average molecular weight is 400 g/mol. The molecule has 0 aliphatic carbocycles. The number of hydrogen-bond acceptors (Lipinski definition) is 3. The quantitative estimate of drug-likeness (QED) is 0.379.